The fraction of sp³-hybridized carbons (Fsp3) is 0.250. The van der Waals surface area contributed by atoms with Crippen LogP contribution in [0.5, 0.6) is 0 Å². The molecule has 0 fully saturated rings. The van der Waals surface area contributed by atoms with Crippen molar-refractivity contribution in [3.63, 3.8) is 0 Å². The number of nitrogens with zero attached hydrogens (tertiary/aromatic N) is 2. The van der Waals surface area contributed by atoms with Gasteiger partial charge in [-0.15, -0.1) is 0 Å². The van der Waals surface area contributed by atoms with Gasteiger partial charge in [0.05, 0.1) is 12.2 Å². The van der Waals surface area contributed by atoms with Crippen molar-refractivity contribution in [2.24, 2.45) is 0 Å². The van der Waals surface area contributed by atoms with Gasteiger partial charge in [0, 0.05) is 17.3 Å². The highest BCUT2D eigenvalue weighted by Gasteiger charge is 2.18. The molecule has 1 aromatic rings. The molecule has 1 rings (SSSR count). The molecule has 0 bridgehead atoms. The number of aliphatic hydroxyl groups excluding tert-OH is 1. The van der Waals surface area contributed by atoms with Crippen molar-refractivity contribution in [1.29, 1.82) is 5.26 Å². The smallest absolute Gasteiger partial charge is 0.265 e. The number of hydrogen-bond donors (Lipinski definition) is 1. The predicted octanol–water partition coefficient (Wildman–Crippen LogP) is 2.04. The number of alkyl halides is 2. The molecule has 0 aliphatic heterocycles. The van der Waals surface area contributed by atoms with Crippen LogP contribution in [0.2, 0.25) is 5.15 Å². The van der Waals surface area contributed by atoms with E-state index in [2.05, 4.69) is 4.98 Å². The van der Waals surface area contributed by atoms with Gasteiger partial charge in [-0.05, 0) is 0 Å². The van der Waals surface area contributed by atoms with E-state index in [0.29, 0.717) is 0 Å². The summed E-state index contributed by atoms with van der Waals surface area (Å²) in [6, 6.07) is 1.62. The molecular weight excluding hydrogens is 214 g/mol. The van der Waals surface area contributed by atoms with Gasteiger partial charge >= 0.3 is 0 Å². The van der Waals surface area contributed by atoms with Gasteiger partial charge in [-0.1, -0.05) is 11.6 Å². The third kappa shape index (κ3) is 1.81. The van der Waals surface area contributed by atoms with E-state index in [1.54, 1.807) is 6.07 Å². The van der Waals surface area contributed by atoms with Crippen LogP contribution in [0.3, 0.4) is 0 Å². The minimum atomic E-state index is -2.78. The summed E-state index contributed by atoms with van der Waals surface area (Å²) in [7, 11) is 0. The highest BCUT2D eigenvalue weighted by molar-refractivity contribution is 6.30. The summed E-state index contributed by atoms with van der Waals surface area (Å²) < 4.78 is 24.7. The van der Waals surface area contributed by atoms with Crippen LogP contribution in [0.1, 0.15) is 23.1 Å². The van der Waals surface area contributed by atoms with Gasteiger partial charge in [-0.3, -0.25) is 0 Å². The van der Waals surface area contributed by atoms with Crippen LogP contribution in [0.4, 0.5) is 8.78 Å². The monoisotopic (exact) mass is 218 g/mol. The third-order valence-corrected chi connectivity index (χ3v) is 1.97. The van der Waals surface area contributed by atoms with Gasteiger partial charge in [-0.2, -0.15) is 5.26 Å². The summed E-state index contributed by atoms with van der Waals surface area (Å²) >= 11 is 5.50. The molecule has 0 amide bonds. The molecule has 74 valence electrons. The topological polar surface area (TPSA) is 56.9 Å². The molecule has 0 aliphatic rings. The van der Waals surface area contributed by atoms with Crippen molar-refractivity contribution >= 4 is 11.6 Å². The summed E-state index contributed by atoms with van der Waals surface area (Å²) in [5.74, 6) is 0. The highest BCUT2D eigenvalue weighted by atomic mass is 35.5. The molecule has 0 saturated carbocycles. The average molecular weight is 219 g/mol. The predicted molar refractivity (Wildman–Crippen MR) is 44.8 cm³/mol. The molecule has 1 N–H and O–H groups in total. The molecule has 1 aromatic heterocycles. The lowest BCUT2D eigenvalue weighted by atomic mass is 10.1. The largest absolute Gasteiger partial charge is 0.392 e. The van der Waals surface area contributed by atoms with E-state index in [0.717, 1.165) is 6.20 Å². The molecule has 0 unspecified atom stereocenters. The Kier molecular flexibility index (Phi) is 3.33. The fourth-order valence-electron chi connectivity index (χ4n) is 1.01. The summed E-state index contributed by atoms with van der Waals surface area (Å²) in [4.78, 5) is 3.43. The number of hydrogen-bond acceptors (Lipinski definition) is 3. The second kappa shape index (κ2) is 4.31. The van der Waals surface area contributed by atoms with Gasteiger partial charge in [0.2, 0.25) is 0 Å². The Balaban J connectivity index is 3.42. The van der Waals surface area contributed by atoms with Crippen LogP contribution in [-0.4, -0.2) is 10.1 Å². The van der Waals surface area contributed by atoms with E-state index in [4.69, 9.17) is 22.0 Å². The molecular formula is C8H5ClF2N2O. The lowest BCUT2D eigenvalue weighted by Gasteiger charge is -2.08. The first-order valence-corrected chi connectivity index (χ1v) is 3.96. The van der Waals surface area contributed by atoms with Crippen LogP contribution in [-0.2, 0) is 6.61 Å². The highest BCUT2D eigenvalue weighted by Crippen LogP contribution is 2.27. The molecule has 1 heterocycles. The molecule has 0 radical (unpaired) electrons. The second-order valence-corrected chi connectivity index (χ2v) is 2.79. The molecule has 0 aromatic carbocycles. The lowest BCUT2D eigenvalue weighted by Crippen LogP contribution is -2.01. The van der Waals surface area contributed by atoms with Gasteiger partial charge in [-0.25, -0.2) is 13.8 Å². The van der Waals surface area contributed by atoms with Gasteiger partial charge in [0.15, 0.2) is 0 Å². The Morgan fingerprint density at radius 2 is 2.29 bits per heavy atom. The summed E-state index contributed by atoms with van der Waals surface area (Å²) in [6.07, 6.45) is -1.92. The molecule has 0 aliphatic carbocycles. The minimum absolute atomic E-state index is 0.164. The van der Waals surface area contributed by atoms with Crippen molar-refractivity contribution in [2.75, 3.05) is 0 Å². The van der Waals surface area contributed by atoms with Crippen LogP contribution in [0.25, 0.3) is 0 Å². The zero-order valence-electron chi connectivity index (χ0n) is 6.84. The van der Waals surface area contributed by atoms with E-state index in [-0.39, 0.29) is 16.3 Å². The number of aliphatic hydroxyl groups is 1. The first-order chi connectivity index (χ1) is 6.61. The van der Waals surface area contributed by atoms with Crippen molar-refractivity contribution in [3.05, 3.63) is 28.0 Å². The van der Waals surface area contributed by atoms with Gasteiger partial charge in [0.1, 0.15) is 11.2 Å². The number of nitriles is 1. The lowest BCUT2D eigenvalue weighted by molar-refractivity contribution is 0.146. The molecule has 0 saturated heterocycles. The molecule has 0 atom stereocenters. The van der Waals surface area contributed by atoms with Crippen LogP contribution >= 0.6 is 11.6 Å². The van der Waals surface area contributed by atoms with Crippen LogP contribution in [0.15, 0.2) is 6.20 Å². The standard InChI is InChI=1S/C8H5ClF2N2O/c9-7-4(1-12)6(3-14)5(2-13-7)8(10)11/h2,8,14H,3H2. The molecule has 0 spiro atoms. The van der Waals surface area contributed by atoms with Crippen LogP contribution < -0.4 is 0 Å². The Hall–Kier alpha value is -1.25. The molecule has 14 heavy (non-hydrogen) atoms. The van der Waals surface area contributed by atoms with Crippen molar-refractivity contribution in [2.45, 2.75) is 13.0 Å². The van der Waals surface area contributed by atoms with Crippen molar-refractivity contribution in [3.8, 4) is 6.07 Å². The van der Waals surface area contributed by atoms with Gasteiger partial charge < -0.3 is 5.11 Å². The summed E-state index contributed by atoms with van der Waals surface area (Å²) in [6.45, 7) is -0.662. The maximum atomic E-state index is 12.4. The maximum Gasteiger partial charge on any atom is 0.265 e. The van der Waals surface area contributed by atoms with Crippen molar-refractivity contribution in [1.82, 2.24) is 4.98 Å². The average Bonchev–Trinajstić information content (AvgIpc) is 2.16. The first-order valence-electron chi connectivity index (χ1n) is 3.58. The quantitative estimate of drug-likeness (QED) is 0.773. The second-order valence-electron chi connectivity index (χ2n) is 2.43. The van der Waals surface area contributed by atoms with E-state index in [9.17, 15) is 8.78 Å². The van der Waals surface area contributed by atoms with E-state index >= 15 is 0 Å². The van der Waals surface area contributed by atoms with Crippen LogP contribution in [0, 0.1) is 11.3 Å². The Bertz CT molecular complexity index is 390. The first kappa shape index (κ1) is 10.8. The Morgan fingerprint density at radius 1 is 1.64 bits per heavy atom. The number of aromatic nitrogens is 1. The zero-order valence-corrected chi connectivity index (χ0v) is 7.59. The maximum absolute atomic E-state index is 12.4. The molecule has 6 heteroatoms. The zero-order chi connectivity index (χ0) is 10.7. The van der Waals surface area contributed by atoms with E-state index < -0.39 is 18.6 Å². The van der Waals surface area contributed by atoms with Crippen molar-refractivity contribution < 1.29 is 13.9 Å². The summed E-state index contributed by atoms with van der Waals surface area (Å²) in [5.41, 5.74) is -0.831. The van der Waals surface area contributed by atoms with E-state index in [1.165, 1.54) is 0 Å². The number of pyridine rings is 1. The minimum Gasteiger partial charge on any atom is -0.392 e. The Morgan fingerprint density at radius 3 is 2.71 bits per heavy atom. The fourth-order valence-corrected chi connectivity index (χ4v) is 1.21. The normalized spacial score (nSPS) is 10.3. The number of halogens is 3. The Labute approximate surface area is 83.6 Å². The summed E-state index contributed by atoms with van der Waals surface area (Å²) in [5, 5.41) is 17.3. The molecule has 3 nitrogen and oxygen atoms in total. The van der Waals surface area contributed by atoms with Gasteiger partial charge in [0.25, 0.3) is 6.43 Å². The van der Waals surface area contributed by atoms with E-state index in [1.807, 2.05) is 0 Å². The third-order valence-electron chi connectivity index (χ3n) is 1.68. The number of rotatable bonds is 2. The SMILES string of the molecule is N#Cc1c(Cl)ncc(C(F)F)c1CO.